The number of rotatable bonds is 4. The minimum absolute atomic E-state index is 0.00175. The summed E-state index contributed by atoms with van der Waals surface area (Å²) < 4.78 is 35.9. The first-order valence-electron chi connectivity index (χ1n) is 6.02. The standard InChI is InChI=1S/C11H13FN3O5PS/c1-2-11(15-6-3-8(13)14-9(15)22)5-4-10(12,20-11)7-19-21(16,17)18/h1,3,6H,4-5,7H2,(H2,13,14,22)(H2,16,17,18)/t10-,11+/m0/s1. The first-order chi connectivity index (χ1) is 10.1. The van der Waals surface area contributed by atoms with Gasteiger partial charge in [0.15, 0.2) is 0 Å². The van der Waals surface area contributed by atoms with Crippen LogP contribution in [-0.4, -0.2) is 31.8 Å². The lowest BCUT2D eigenvalue weighted by molar-refractivity contribution is -0.200. The molecule has 22 heavy (non-hydrogen) atoms. The molecule has 1 aliphatic heterocycles. The van der Waals surface area contributed by atoms with E-state index in [2.05, 4.69) is 15.4 Å². The molecule has 11 heteroatoms. The maximum absolute atomic E-state index is 14.5. The molecule has 1 aromatic heterocycles. The second-order valence-corrected chi connectivity index (χ2v) is 6.29. The van der Waals surface area contributed by atoms with Gasteiger partial charge in [0.25, 0.3) is 0 Å². The molecule has 0 unspecified atom stereocenters. The van der Waals surface area contributed by atoms with Crippen LogP contribution in [0.15, 0.2) is 12.3 Å². The summed E-state index contributed by atoms with van der Waals surface area (Å²) in [6, 6.07) is 1.42. The van der Waals surface area contributed by atoms with Crippen molar-refractivity contribution in [1.29, 1.82) is 0 Å². The van der Waals surface area contributed by atoms with Gasteiger partial charge < -0.3 is 20.3 Å². The van der Waals surface area contributed by atoms with Crippen LogP contribution in [0, 0.1) is 17.1 Å². The van der Waals surface area contributed by atoms with Crippen LogP contribution in [0.2, 0.25) is 0 Å². The van der Waals surface area contributed by atoms with Crippen LogP contribution in [0.25, 0.3) is 0 Å². The van der Waals surface area contributed by atoms with Gasteiger partial charge >= 0.3 is 7.82 Å². The fraction of sp³-hybridized carbons (Fsp3) is 0.455. The molecule has 0 bridgehead atoms. The number of nitrogen functional groups attached to an aromatic ring is 1. The second kappa shape index (κ2) is 5.70. The first-order valence-corrected chi connectivity index (χ1v) is 7.96. The van der Waals surface area contributed by atoms with Crippen LogP contribution >= 0.6 is 20.0 Å². The van der Waals surface area contributed by atoms with E-state index in [1.807, 2.05) is 0 Å². The van der Waals surface area contributed by atoms with E-state index in [-0.39, 0.29) is 23.4 Å². The molecule has 4 N–H and O–H groups in total. The molecule has 0 spiro atoms. The van der Waals surface area contributed by atoms with Crippen molar-refractivity contribution in [3.63, 3.8) is 0 Å². The zero-order valence-corrected chi connectivity index (χ0v) is 12.9. The Morgan fingerprint density at radius 3 is 2.91 bits per heavy atom. The van der Waals surface area contributed by atoms with Gasteiger partial charge in [0.05, 0.1) is 0 Å². The van der Waals surface area contributed by atoms with Crippen molar-refractivity contribution in [3.05, 3.63) is 17.0 Å². The molecule has 1 saturated heterocycles. The van der Waals surface area contributed by atoms with Crippen molar-refractivity contribution in [2.75, 3.05) is 12.3 Å². The average Bonchev–Trinajstić information content (AvgIpc) is 2.75. The number of halogens is 1. The van der Waals surface area contributed by atoms with Gasteiger partial charge in [-0.05, 0) is 24.2 Å². The highest BCUT2D eigenvalue weighted by molar-refractivity contribution is 7.71. The lowest BCUT2D eigenvalue weighted by Gasteiger charge is -2.28. The normalized spacial score (nSPS) is 28.5. The molecule has 1 aromatic rings. The van der Waals surface area contributed by atoms with Crippen molar-refractivity contribution >= 4 is 25.9 Å². The number of phosphoric acid groups is 1. The Morgan fingerprint density at radius 2 is 2.36 bits per heavy atom. The summed E-state index contributed by atoms with van der Waals surface area (Å²) in [6.07, 6.45) is 6.65. The van der Waals surface area contributed by atoms with Crippen molar-refractivity contribution in [3.8, 4) is 12.3 Å². The molecule has 0 radical (unpaired) electrons. The molecule has 8 nitrogen and oxygen atoms in total. The number of anilines is 1. The van der Waals surface area contributed by atoms with Gasteiger partial charge in [-0.15, -0.1) is 6.42 Å². The highest BCUT2D eigenvalue weighted by Crippen LogP contribution is 2.45. The molecule has 1 fully saturated rings. The smallest absolute Gasteiger partial charge is 0.384 e. The summed E-state index contributed by atoms with van der Waals surface area (Å²) in [6.45, 7) is -0.962. The minimum atomic E-state index is -4.83. The van der Waals surface area contributed by atoms with Gasteiger partial charge in [-0.1, -0.05) is 0 Å². The molecule has 0 aromatic carbocycles. The Labute approximate surface area is 130 Å². The summed E-state index contributed by atoms with van der Waals surface area (Å²) in [7, 11) is -4.83. The monoisotopic (exact) mass is 349 g/mol. The van der Waals surface area contributed by atoms with Crippen LogP contribution in [0.3, 0.4) is 0 Å². The third-order valence-electron chi connectivity index (χ3n) is 3.08. The Balaban J connectivity index is 2.29. The number of terminal acetylenes is 1. The van der Waals surface area contributed by atoms with Crippen molar-refractivity contribution in [1.82, 2.24) is 9.55 Å². The number of alkyl halides is 1. The van der Waals surface area contributed by atoms with Crippen molar-refractivity contribution in [2.45, 2.75) is 24.4 Å². The predicted molar refractivity (Wildman–Crippen MR) is 76.4 cm³/mol. The highest BCUT2D eigenvalue weighted by Gasteiger charge is 2.51. The lowest BCUT2D eigenvalue weighted by atomic mass is 10.1. The summed E-state index contributed by atoms with van der Waals surface area (Å²) in [5, 5.41) is 0. The second-order valence-electron chi connectivity index (χ2n) is 4.68. The maximum Gasteiger partial charge on any atom is 0.469 e. The largest absolute Gasteiger partial charge is 0.469 e. The van der Waals surface area contributed by atoms with Crippen LogP contribution in [0.1, 0.15) is 12.8 Å². The van der Waals surface area contributed by atoms with Crippen LogP contribution < -0.4 is 5.73 Å². The van der Waals surface area contributed by atoms with Crippen LogP contribution in [-0.2, 0) is 19.6 Å². The zero-order valence-electron chi connectivity index (χ0n) is 11.2. The zero-order chi connectivity index (χ0) is 16.6. The lowest BCUT2D eigenvalue weighted by Crippen LogP contribution is -2.38. The molecular formula is C11H13FN3O5PS. The third-order valence-corrected chi connectivity index (χ3v) is 3.83. The van der Waals surface area contributed by atoms with E-state index in [4.69, 9.17) is 38.9 Å². The summed E-state index contributed by atoms with van der Waals surface area (Å²) >= 11 is 5.03. The molecular weight excluding hydrogens is 336 g/mol. The Hall–Kier alpha value is -1.34. The van der Waals surface area contributed by atoms with Gasteiger partial charge in [0.2, 0.25) is 16.4 Å². The topological polar surface area (TPSA) is 120 Å². The number of nitrogens with zero attached hydrogens (tertiary/aromatic N) is 2. The quantitative estimate of drug-likeness (QED) is 0.419. The summed E-state index contributed by atoms with van der Waals surface area (Å²) in [5.41, 5.74) is 3.93. The van der Waals surface area contributed by atoms with Crippen LogP contribution in [0.4, 0.5) is 10.2 Å². The number of hydrogen-bond donors (Lipinski definition) is 3. The highest BCUT2D eigenvalue weighted by atomic mass is 32.1. The third kappa shape index (κ3) is 3.52. The molecule has 1 aliphatic rings. The molecule has 0 aliphatic carbocycles. The number of phosphoric ester groups is 1. The van der Waals surface area contributed by atoms with E-state index in [0.717, 1.165) is 0 Å². The number of hydrogen-bond acceptors (Lipinski definition) is 6. The van der Waals surface area contributed by atoms with E-state index in [9.17, 15) is 8.96 Å². The summed E-state index contributed by atoms with van der Waals surface area (Å²) in [5.74, 6) is 0.0245. The Morgan fingerprint density at radius 1 is 1.68 bits per heavy atom. The first kappa shape index (κ1) is 17.0. The Bertz CT molecular complexity index is 731. The van der Waals surface area contributed by atoms with E-state index in [1.165, 1.54) is 16.8 Å². The molecule has 120 valence electrons. The fourth-order valence-electron chi connectivity index (χ4n) is 2.07. The molecule has 0 amide bonds. The number of aromatic nitrogens is 2. The number of nitrogens with two attached hydrogens (primary N) is 1. The summed E-state index contributed by atoms with van der Waals surface area (Å²) in [4.78, 5) is 21.1. The molecule has 2 heterocycles. The maximum atomic E-state index is 14.5. The van der Waals surface area contributed by atoms with E-state index >= 15 is 0 Å². The van der Waals surface area contributed by atoms with Gasteiger partial charge in [0.1, 0.15) is 12.4 Å². The van der Waals surface area contributed by atoms with Crippen molar-refractivity contribution in [2.24, 2.45) is 0 Å². The molecule has 0 saturated carbocycles. The van der Waals surface area contributed by atoms with E-state index < -0.39 is 26.0 Å². The molecule has 2 atom stereocenters. The average molecular weight is 349 g/mol. The van der Waals surface area contributed by atoms with Crippen molar-refractivity contribution < 1.29 is 28.0 Å². The van der Waals surface area contributed by atoms with Gasteiger partial charge in [0, 0.05) is 19.0 Å². The van der Waals surface area contributed by atoms with Gasteiger partial charge in [-0.2, -0.15) is 0 Å². The Kier molecular flexibility index (Phi) is 4.41. The minimum Gasteiger partial charge on any atom is -0.384 e. The molecule has 2 rings (SSSR count). The fourth-order valence-corrected chi connectivity index (χ4v) is 2.75. The van der Waals surface area contributed by atoms with Gasteiger partial charge in [-0.3, -0.25) is 9.09 Å². The predicted octanol–water partition coefficient (Wildman–Crippen LogP) is 1.07. The SMILES string of the molecule is C#C[C@]1(n2ccc(N)nc2=S)CC[C@@](F)(COP(=O)(O)O)O1. The van der Waals surface area contributed by atoms with E-state index in [0.29, 0.717) is 0 Å². The van der Waals surface area contributed by atoms with Gasteiger partial charge in [-0.25, -0.2) is 13.9 Å². The van der Waals surface area contributed by atoms with E-state index in [1.54, 1.807) is 0 Å². The van der Waals surface area contributed by atoms with Crippen LogP contribution in [0.5, 0.6) is 0 Å². The number of ether oxygens (including phenoxy) is 1.